The van der Waals surface area contributed by atoms with Crippen LogP contribution in [0.3, 0.4) is 0 Å². The number of hydrogen-bond acceptors (Lipinski definition) is 4. The molecule has 4 N–H and O–H groups in total. The third-order valence-electron chi connectivity index (χ3n) is 4.94. The molecule has 0 heterocycles. The molecule has 2 amide bonds. The second-order valence-corrected chi connectivity index (χ2v) is 6.93. The fraction of sp³-hybridized carbons (Fsp3) is 0.500. The van der Waals surface area contributed by atoms with E-state index in [-0.39, 0.29) is 23.0 Å². The average Bonchev–Trinajstić information content (AvgIpc) is 2.68. The molecule has 0 saturated carbocycles. The van der Waals surface area contributed by atoms with Crippen LogP contribution >= 0.6 is 0 Å². The third kappa shape index (κ3) is 6.07. The highest BCUT2D eigenvalue weighted by Gasteiger charge is 2.27. The van der Waals surface area contributed by atoms with Gasteiger partial charge in [0.05, 0.1) is 0 Å². The van der Waals surface area contributed by atoms with Crippen molar-refractivity contribution in [3.8, 4) is 0 Å². The van der Waals surface area contributed by atoms with Gasteiger partial charge in [-0.1, -0.05) is 40.5 Å². The first-order valence-corrected chi connectivity index (χ1v) is 9.29. The number of carboxylic acids is 2. The molecule has 0 spiro atoms. The molecule has 0 aliphatic rings. The van der Waals surface area contributed by atoms with E-state index in [4.69, 9.17) is 0 Å². The normalized spacial score (nSPS) is 15.0. The molecule has 0 aliphatic heterocycles. The zero-order valence-corrected chi connectivity index (χ0v) is 16.6. The van der Waals surface area contributed by atoms with Crippen LogP contribution in [0.25, 0.3) is 0 Å². The molecular formula is C20H28N2O6. The molecule has 0 saturated heterocycles. The summed E-state index contributed by atoms with van der Waals surface area (Å²) in [5.41, 5.74) is 0.422. The number of rotatable bonds is 10. The van der Waals surface area contributed by atoms with E-state index in [2.05, 4.69) is 10.6 Å². The smallest absolute Gasteiger partial charge is 0.326 e. The number of carbonyl (C=O) groups excluding carboxylic acids is 2. The molecule has 154 valence electrons. The summed E-state index contributed by atoms with van der Waals surface area (Å²) >= 11 is 0. The Hall–Kier alpha value is -2.90. The quantitative estimate of drug-likeness (QED) is 0.482. The van der Waals surface area contributed by atoms with Crippen molar-refractivity contribution in [2.75, 3.05) is 0 Å². The second kappa shape index (κ2) is 10.4. The van der Waals surface area contributed by atoms with Gasteiger partial charge in [-0.05, 0) is 36.1 Å². The van der Waals surface area contributed by atoms with Crippen LogP contribution in [0.15, 0.2) is 24.3 Å². The lowest BCUT2D eigenvalue weighted by Crippen LogP contribution is -2.45. The fourth-order valence-corrected chi connectivity index (χ4v) is 2.59. The van der Waals surface area contributed by atoms with E-state index in [1.165, 1.54) is 24.3 Å². The Labute approximate surface area is 164 Å². The van der Waals surface area contributed by atoms with Crippen molar-refractivity contribution in [3.05, 3.63) is 35.4 Å². The summed E-state index contributed by atoms with van der Waals surface area (Å²) in [6.45, 7) is 7.15. The monoisotopic (exact) mass is 392 g/mol. The van der Waals surface area contributed by atoms with Gasteiger partial charge in [0.2, 0.25) is 0 Å². The van der Waals surface area contributed by atoms with E-state index in [0.29, 0.717) is 12.8 Å². The Morgan fingerprint density at radius 1 is 0.750 bits per heavy atom. The SMILES string of the molecule is CC[C@H](C)[C@H](NC(=O)c1ccc(C(=O)N[C@H](C(=O)O)[C@@H](C)CC)cc1)C(=O)O. The Morgan fingerprint density at radius 2 is 1.04 bits per heavy atom. The van der Waals surface area contributed by atoms with E-state index in [1.807, 2.05) is 13.8 Å². The maximum absolute atomic E-state index is 12.3. The number of carbonyl (C=O) groups is 4. The van der Waals surface area contributed by atoms with E-state index in [9.17, 15) is 29.4 Å². The van der Waals surface area contributed by atoms with Gasteiger partial charge in [-0.15, -0.1) is 0 Å². The molecule has 1 rings (SSSR count). The molecule has 1 aromatic rings. The highest BCUT2D eigenvalue weighted by atomic mass is 16.4. The number of amides is 2. The summed E-state index contributed by atoms with van der Waals surface area (Å²) in [6, 6.07) is 3.59. The Morgan fingerprint density at radius 3 is 1.25 bits per heavy atom. The van der Waals surface area contributed by atoms with Gasteiger partial charge in [-0.2, -0.15) is 0 Å². The van der Waals surface area contributed by atoms with Gasteiger partial charge < -0.3 is 20.8 Å². The zero-order valence-electron chi connectivity index (χ0n) is 16.6. The average molecular weight is 392 g/mol. The number of nitrogens with one attached hydrogen (secondary N) is 2. The molecule has 0 bridgehead atoms. The Bertz CT molecular complexity index is 655. The lowest BCUT2D eigenvalue weighted by Gasteiger charge is -2.21. The predicted molar refractivity (Wildman–Crippen MR) is 103 cm³/mol. The molecule has 0 fully saturated rings. The van der Waals surface area contributed by atoms with Gasteiger partial charge in [-0.25, -0.2) is 9.59 Å². The molecule has 8 heteroatoms. The molecule has 0 radical (unpaired) electrons. The van der Waals surface area contributed by atoms with E-state index >= 15 is 0 Å². The number of carboxylic acid groups (broad SMARTS) is 2. The highest BCUT2D eigenvalue weighted by Crippen LogP contribution is 2.12. The van der Waals surface area contributed by atoms with Crippen molar-refractivity contribution in [1.82, 2.24) is 10.6 Å². The van der Waals surface area contributed by atoms with Gasteiger partial charge in [-0.3, -0.25) is 9.59 Å². The minimum Gasteiger partial charge on any atom is -0.480 e. The van der Waals surface area contributed by atoms with Crippen LogP contribution in [-0.2, 0) is 9.59 Å². The first-order valence-electron chi connectivity index (χ1n) is 9.29. The van der Waals surface area contributed by atoms with Gasteiger partial charge in [0.15, 0.2) is 0 Å². The highest BCUT2D eigenvalue weighted by molar-refractivity contribution is 6.00. The maximum atomic E-state index is 12.3. The van der Waals surface area contributed by atoms with Crippen LogP contribution < -0.4 is 10.6 Å². The van der Waals surface area contributed by atoms with Crippen molar-refractivity contribution in [3.63, 3.8) is 0 Å². The van der Waals surface area contributed by atoms with Crippen LogP contribution in [0.5, 0.6) is 0 Å². The van der Waals surface area contributed by atoms with Gasteiger partial charge in [0.1, 0.15) is 12.1 Å². The number of aliphatic carboxylic acids is 2. The lowest BCUT2D eigenvalue weighted by molar-refractivity contribution is -0.141. The van der Waals surface area contributed by atoms with E-state index < -0.39 is 35.8 Å². The fourth-order valence-electron chi connectivity index (χ4n) is 2.59. The van der Waals surface area contributed by atoms with Crippen LogP contribution in [0, 0.1) is 11.8 Å². The topological polar surface area (TPSA) is 133 Å². The summed E-state index contributed by atoms with van der Waals surface area (Å²) in [6.07, 6.45) is 1.19. The lowest BCUT2D eigenvalue weighted by atomic mass is 9.98. The molecule has 4 atom stereocenters. The second-order valence-electron chi connectivity index (χ2n) is 6.93. The minimum atomic E-state index is -1.11. The van der Waals surface area contributed by atoms with E-state index in [0.717, 1.165) is 0 Å². The Balaban J connectivity index is 2.87. The van der Waals surface area contributed by atoms with Gasteiger partial charge >= 0.3 is 11.9 Å². The van der Waals surface area contributed by atoms with Gasteiger partial charge in [0, 0.05) is 11.1 Å². The molecule has 0 aliphatic carbocycles. The van der Waals surface area contributed by atoms with Crippen molar-refractivity contribution >= 4 is 23.8 Å². The standard InChI is InChI=1S/C20H28N2O6/c1-5-11(3)15(19(25)26)21-17(23)13-7-9-14(10-8-13)18(24)22-16(20(27)28)12(4)6-2/h7-12,15-16H,5-6H2,1-4H3,(H,21,23)(H,22,24)(H,25,26)(H,27,28)/t11-,12-,15-,16-/m0/s1. The molecule has 0 unspecified atom stereocenters. The van der Waals surface area contributed by atoms with Crippen LogP contribution in [0.2, 0.25) is 0 Å². The summed E-state index contributed by atoms with van der Waals surface area (Å²) in [7, 11) is 0. The van der Waals surface area contributed by atoms with Gasteiger partial charge in [0.25, 0.3) is 11.8 Å². The van der Waals surface area contributed by atoms with Crippen molar-refractivity contribution in [2.24, 2.45) is 11.8 Å². The first kappa shape index (κ1) is 23.1. The summed E-state index contributed by atoms with van der Waals surface area (Å²) in [5, 5.41) is 23.5. The molecule has 0 aromatic heterocycles. The largest absolute Gasteiger partial charge is 0.480 e. The van der Waals surface area contributed by atoms with Crippen LogP contribution in [0.4, 0.5) is 0 Å². The number of benzene rings is 1. The van der Waals surface area contributed by atoms with Crippen molar-refractivity contribution < 1.29 is 29.4 Å². The maximum Gasteiger partial charge on any atom is 0.326 e. The zero-order chi connectivity index (χ0) is 21.4. The summed E-state index contributed by atoms with van der Waals surface area (Å²) in [4.78, 5) is 47.3. The third-order valence-corrected chi connectivity index (χ3v) is 4.94. The van der Waals surface area contributed by atoms with Crippen molar-refractivity contribution in [1.29, 1.82) is 0 Å². The molecule has 1 aromatic carbocycles. The predicted octanol–water partition coefficient (Wildman–Crippen LogP) is 2.14. The van der Waals surface area contributed by atoms with E-state index in [1.54, 1.807) is 13.8 Å². The minimum absolute atomic E-state index is 0.211. The summed E-state index contributed by atoms with van der Waals surface area (Å²) < 4.78 is 0. The Kier molecular flexibility index (Phi) is 8.63. The molecule has 28 heavy (non-hydrogen) atoms. The summed E-state index contributed by atoms with van der Waals surface area (Å²) in [5.74, 6) is -3.79. The number of hydrogen-bond donors (Lipinski definition) is 4. The molecule has 8 nitrogen and oxygen atoms in total. The van der Waals surface area contributed by atoms with Crippen molar-refractivity contribution in [2.45, 2.75) is 52.6 Å². The first-order chi connectivity index (χ1) is 13.1. The van der Waals surface area contributed by atoms with Crippen LogP contribution in [-0.4, -0.2) is 46.0 Å². The van der Waals surface area contributed by atoms with Crippen LogP contribution in [0.1, 0.15) is 61.3 Å². The molecular weight excluding hydrogens is 364 g/mol.